The van der Waals surface area contributed by atoms with Crippen LogP contribution in [0.2, 0.25) is 0 Å². The number of alkyl halides is 6. The molecule has 0 aromatic rings. The van der Waals surface area contributed by atoms with E-state index in [-0.39, 0.29) is 6.61 Å². The molecule has 0 amide bonds. The van der Waals surface area contributed by atoms with E-state index < -0.39 is 31.3 Å². The summed E-state index contributed by atoms with van der Waals surface area (Å²) in [6.07, 6.45) is -14.9. The summed E-state index contributed by atoms with van der Waals surface area (Å²) in [6.45, 7) is 1.06. The molecule has 0 fully saturated rings. The first kappa shape index (κ1) is 13.5. The van der Waals surface area contributed by atoms with Crippen molar-refractivity contribution in [3.63, 3.8) is 0 Å². The molecule has 0 aliphatic carbocycles. The maximum absolute atomic E-state index is 12.5. The van der Waals surface area contributed by atoms with Crippen LogP contribution in [0.15, 0.2) is 0 Å². The van der Waals surface area contributed by atoms with Gasteiger partial charge in [-0.2, -0.15) is 13.2 Å². The van der Waals surface area contributed by atoms with Crippen LogP contribution in [0, 0.1) is 0 Å². The summed E-state index contributed by atoms with van der Waals surface area (Å²) >= 11 is 0. The summed E-state index contributed by atoms with van der Waals surface area (Å²) < 4.78 is 75.6. The molecule has 86 valence electrons. The molecule has 7 heteroatoms. The highest BCUT2D eigenvalue weighted by Gasteiger charge is 2.39. The van der Waals surface area contributed by atoms with Gasteiger partial charge in [-0.3, -0.25) is 0 Å². The molecular formula is C7H10F6O. The average Bonchev–Trinajstić information content (AvgIpc) is 1.99. The smallest absolute Gasteiger partial charge is 0.375 e. The quantitative estimate of drug-likeness (QED) is 0.652. The Labute approximate surface area is 77.0 Å². The standard InChI is InChI=1S/C7H10F6O/c1-2-14-4(3-7(11,12)13)5(8)6(9)10/h4-6H,2-3H2,1H3. The van der Waals surface area contributed by atoms with E-state index in [4.69, 9.17) is 0 Å². The topological polar surface area (TPSA) is 9.23 Å². The maximum Gasteiger partial charge on any atom is 0.391 e. The normalized spacial score (nSPS) is 17.1. The van der Waals surface area contributed by atoms with Gasteiger partial charge in [-0.1, -0.05) is 0 Å². The van der Waals surface area contributed by atoms with Gasteiger partial charge < -0.3 is 4.74 Å². The lowest BCUT2D eigenvalue weighted by Crippen LogP contribution is -2.35. The zero-order chi connectivity index (χ0) is 11.4. The van der Waals surface area contributed by atoms with Crippen LogP contribution in [-0.4, -0.2) is 31.5 Å². The summed E-state index contributed by atoms with van der Waals surface area (Å²) in [5, 5.41) is 0. The Bertz CT molecular complexity index is 157. The number of hydrogen-bond acceptors (Lipinski definition) is 1. The third-order valence-electron chi connectivity index (χ3n) is 1.41. The Hall–Kier alpha value is -0.460. The minimum Gasteiger partial charge on any atom is -0.375 e. The fourth-order valence-corrected chi connectivity index (χ4v) is 0.868. The van der Waals surface area contributed by atoms with Crippen LogP contribution in [0.3, 0.4) is 0 Å². The first-order chi connectivity index (χ1) is 6.28. The van der Waals surface area contributed by atoms with Crippen molar-refractivity contribution in [2.24, 2.45) is 0 Å². The minimum atomic E-state index is -4.71. The van der Waals surface area contributed by atoms with E-state index in [1.54, 1.807) is 0 Å². The lowest BCUT2D eigenvalue weighted by atomic mass is 10.1. The summed E-state index contributed by atoms with van der Waals surface area (Å²) in [5.74, 6) is 0. The number of rotatable bonds is 5. The van der Waals surface area contributed by atoms with Crippen LogP contribution in [0.1, 0.15) is 13.3 Å². The first-order valence-corrected chi connectivity index (χ1v) is 3.88. The van der Waals surface area contributed by atoms with Crippen LogP contribution in [0.5, 0.6) is 0 Å². The number of ether oxygens (including phenoxy) is 1. The van der Waals surface area contributed by atoms with E-state index in [0.29, 0.717) is 0 Å². The number of hydrogen-bond donors (Lipinski definition) is 0. The molecule has 0 radical (unpaired) electrons. The molecule has 1 nitrogen and oxygen atoms in total. The van der Waals surface area contributed by atoms with Gasteiger partial charge in [0.15, 0.2) is 6.17 Å². The summed E-state index contributed by atoms with van der Waals surface area (Å²) in [6, 6.07) is 0. The molecule has 0 N–H and O–H groups in total. The largest absolute Gasteiger partial charge is 0.391 e. The highest BCUT2D eigenvalue weighted by atomic mass is 19.4. The monoisotopic (exact) mass is 224 g/mol. The van der Waals surface area contributed by atoms with Gasteiger partial charge in [-0.15, -0.1) is 0 Å². The Balaban J connectivity index is 4.28. The summed E-state index contributed by atoms with van der Waals surface area (Å²) in [7, 11) is 0. The van der Waals surface area contributed by atoms with Crippen LogP contribution in [-0.2, 0) is 4.74 Å². The number of halogens is 6. The molecule has 0 bridgehead atoms. The van der Waals surface area contributed by atoms with E-state index in [1.807, 2.05) is 0 Å². The Morgan fingerprint density at radius 2 is 1.64 bits per heavy atom. The third-order valence-corrected chi connectivity index (χ3v) is 1.41. The zero-order valence-corrected chi connectivity index (χ0v) is 7.32. The molecule has 0 heterocycles. The molecule has 0 aromatic carbocycles. The highest BCUT2D eigenvalue weighted by molar-refractivity contribution is 4.74. The van der Waals surface area contributed by atoms with Crippen molar-refractivity contribution in [1.82, 2.24) is 0 Å². The van der Waals surface area contributed by atoms with Gasteiger partial charge in [-0.05, 0) is 6.92 Å². The van der Waals surface area contributed by atoms with Crippen LogP contribution in [0.4, 0.5) is 26.3 Å². The fourth-order valence-electron chi connectivity index (χ4n) is 0.868. The molecule has 0 aliphatic rings. The zero-order valence-electron chi connectivity index (χ0n) is 7.32. The van der Waals surface area contributed by atoms with E-state index >= 15 is 0 Å². The van der Waals surface area contributed by atoms with Crippen molar-refractivity contribution in [3.05, 3.63) is 0 Å². The molecule has 2 unspecified atom stereocenters. The van der Waals surface area contributed by atoms with E-state index in [2.05, 4.69) is 4.74 Å². The molecule has 2 atom stereocenters. The second-order valence-corrected chi connectivity index (χ2v) is 2.59. The molecule has 14 heavy (non-hydrogen) atoms. The van der Waals surface area contributed by atoms with E-state index in [0.717, 1.165) is 0 Å². The highest BCUT2D eigenvalue weighted by Crippen LogP contribution is 2.27. The Morgan fingerprint density at radius 1 is 1.14 bits per heavy atom. The van der Waals surface area contributed by atoms with Gasteiger partial charge in [0.05, 0.1) is 6.42 Å². The summed E-state index contributed by atoms with van der Waals surface area (Å²) in [5.41, 5.74) is 0. The van der Waals surface area contributed by atoms with Crippen molar-refractivity contribution in [1.29, 1.82) is 0 Å². The van der Waals surface area contributed by atoms with Crippen molar-refractivity contribution in [3.8, 4) is 0 Å². The van der Waals surface area contributed by atoms with Crippen molar-refractivity contribution < 1.29 is 31.1 Å². The fraction of sp³-hybridized carbons (Fsp3) is 1.00. The molecule has 0 spiro atoms. The van der Waals surface area contributed by atoms with Crippen molar-refractivity contribution in [2.75, 3.05) is 6.61 Å². The predicted molar refractivity (Wildman–Crippen MR) is 37.0 cm³/mol. The lowest BCUT2D eigenvalue weighted by Gasteiger charge is -2.21. The maximum atomic E-state index is 12.5. The Morgan fingerprint density at radius 3 is 1.93 bits per heavy atom. The van der Waals surface area contributed by atoms with Crippen LogP contribution >= 0.6 is 0 Å². The SMILES string of the molecule is CCOC(CC(F)(F)F)C(F)C(F)F. The second-order valence-electron chi connectivity index (χ2n) is 2.59. The minimum absolute atomic E-state index is 0.242. The lowest BCUT2D eigenvalue weighted by molar-refractivity contribution is -0.177. The average molecular weight is 224 g/mol. The van der Waals surface area contributed by atoms with Gasteiger partial charge in [0.2, 0.25) is 0 Å². The van der Waals surface area contributed by atoms with E-state index in [1.165, 1.54) is 6.92 Å². The van der Waals surface area contributed by atoms with Gasteiger partial charge in [0.25, 0.3) is 6.43 Å². The van der Waals surface area contributed by atoms with Crippen LogP contribution < -0.4 is 0 Å². The molecular weight excluding hydrogens is 214 g/mol. The Kier molecular flexibility index (Phi) is 5.25. The van der Waals surface area contributed by atoms with Gasteiger partial charge in [0, 0.05) is 6.61 Å². The van der Waals surface area contributed by atoms with E-state index in [9.17, 15) is 26.3 Å². The molecule has 0 saturated carbocycles. The second kappa shape index (κ2) is 5.43. The predicted octanol–water partition coefficient (Wildman–Crippen LogP) is 2.95. The van der Waals surface area contributed by atoms with Crippen molar-refractivity contribution >= 4 is 0 Å². The first-order valence-electron chi connectivity index (χ1n) is 3.88. The third kappa shape index (κ3) is 5.31. The van der Waals surface area contributed by atoms with Gasteiger partial charge in [0.1, 0.15) is 6.10 Å². The molecule has 0 saturated heterocycles. The molecule has 0 rings (SSSR count). The van der Waals surface area contributed by atoms with Gasteiger partial charge in [-0.25, -0.2) is 13.2 Å². The van der Waals surface area contributed by atoms with Crippen LogP contribution in [0.25, 0.3) is 0 Å². The van der Waals surface area contributed by atoms with Crippen molar-refractivity contribution in [2.45, 2.75) is 38.2 Å². The molecule has 0 aromatic heterocycles. The summed E-state index contributed by atoms with van der Waals surface area (Å²) in [4.78, 5) is 0. The molecule has 0 aliphatic heterocycles. The van der Waals surface area contributed by atoms with Gasteiger partial charge >= 0.3 is 6.18 Å².